The van der Waals surface area contributed by atoms with Gasteiger partial charge in [0.25, 0.3) is 0 Å². The molecule has 0 rings (SSSR count). The Labute approximate surface area is 85.3 Å². The van der Waals surface area contributed by atoms with Crippen LogP contribution in [0.25, 0.3) is 0 Å². The van der Waals surface area contributed by atoms with E-state index in [0.29, 0.717) is 11.0 Å². The SMILES string of the molecule is CCCCCCOC(=O)C[I-]C. The average Bonchev–Trinajstić information content (AvgIpc) is 2.05. The standard InChI is InChI=1S/C9H18IO2/c1-3-4-5-6-7-12-9(11)8-10-2/h3-8H2,1-2H3/q-1. The third-order valence-electron chi connectivity index (χ3n) is 1.50. The third kappa shape index (κ3) is 8.30. The van der Waals surface area contributed by atoms with Crippen molar-refractivity contribution >= 4 is 5.97 Å². The van der Waals surface area contributed by atoms with E-state index in [1.54, 1.807) is 0 Å². The molecule has 0 aromatic heterocycles. The van der Waals surface area contributed by atoms with Gasteiger partial charge in [0.15, 0.2) is 0 Å². The summed E-state index contributed by atoms with van der Waals surface area (Å²) in [5, 5.41) is 0. The molecular weight excluding hydrogens is 267 g/mol. The van der Waals surface area contributed by atoms with Gasteiger partial charge in [0.1, 0.15) is 0 Å². The fraction of sp³-hybridized carbons (Fsp3) is 0.889. The number of esters is 1. The maximum absolute atomic E-state index is 10.9. The monoisotopic (exact) mass is 285 g/mol. The van der Waals surface area contributed by atoms with E-state index in [9.17, 15) is 4.79 Å². The summed E-state index contributed by atoms with van der Waals surface area (Å²) >= 11 is 0.0633. The van der Waals surface area contributed by atoms with Crippen molar-refractivity contribution < 1.29 is 30.7 Å². The van der Waals surface area contributed by atoms with Crippen molar-refractivity contribution in [3.05, 3.63) is 0 Å². The van der Waals surface area contributed by atoms with Crippen LogP contribution in [0.3, 0.4) is 0 Å². The van der Waals surface area contributed by atoms with Gasteiger partial charge in [-0.15, -0.1) is 0 Å². The van der Waals surface area contributed by atoms with Gasteiger partial charge in [-0.2, -0.15) is 0 Å². The van der Waals surface area contributed by atoms with Crippen molar-refractivity contribution in [3.8, 4) is 0 Å². The summed E-state index contributed by atoms with van der Waals surface area (Å²) in [5.41, 5.74) is 0. The summed E-state index contributed by atoms with van der Waals surface area (Å²) in [4.78, 5) is 13.0. The van der Waals surface area contributed by atoms with E-state index in [-0.39, 0.29) is 27.2 Å². The Bertz CT molecular complexity index is 115. The van der Waals surface area contributed by atoms with Gasteiger partial charge in [-0.3, -0.25) is 0 Å². The molecule has 0 radical (unpaired) electrons. The van der Waals surface area contributed by atoms with Crippen LogP contribution in [0.2, 0.25) is 0 Å². The van der Waals surface area contributed by atoms with E-state index in [2.05, 4.69) is 11.9 Å². The van der Waals surface area contributed by atoms with Crippen LogP contribution in [0, 0.1) is 0 Å². The van der Waals surface area contributed by atoms with Crippen LogP contribution in [0.15, 0.2) is 0 Å². The summed E-state index contributed by atoms with van der Waals surface area (Å²) in [6.07, 6.45) is 4.69. The van der Waals surface area contributed by atoms with E-state index < -0.39 is 0 Å². The van der Waals surface area contributed by atoms with E-state index in [0.717, 1.165) is 6.42 Å². The summed E-state index contributed by atoms with van der Waals surface area (Å²) in [6.45, 7) is 2.80. The fourth-order valence-electron chi connectivity index (χ4n) is 0.863. The second-order valence-electron chi connectivity index (χ2n) is 2.68. The molecule has 74 valence electrons. The Kier molecular flexibility index (Phi) is 9.44. The Balaban J connectivity index is 3.03. The number of alkyl halides is 2. The van der Waals surface area contributed by atoms with Gasteiger partial charge in [0.2, 0.25) is 0 Å². The summed E-state index contributed by atoms with van der Waals surface area (Å²) < 4.78 is 5.69. The molecule has 0 aromatic rings. The molecule has 3 heteroatoms. The molecular formula is C9H18IO2-. The molecule has 0 aliphatic carbocycles. The molecule has 0 fully saturated rings. The first kappa shape index (κ1) is 12.2. The number of carbonyl (C=O) groups is 1. The van der Waals surface area contributed by atoms with Gasteiger partial charge in [-0.25, -0.2) is 0 Å². The molecule has 0 bridgehead atoms. The first-order chi connectivity index (χ1) is 5.81. The minimum absolute atomic E-state index is 0.00167. The first-order valence-corrected chi connectivity index (χ1v) is 8.09. The van der Waals surface area contributed by atoms with Gasteiger partial charge >= 0.3 is 85.3 Å². The maximum atomic E-state index is 10.9. The molecule has 0 N–H and O–H groups in total. The molecule has 0 aliphatic rings. The third-order valence-corrected chi connectivity index (χ3v) is 2.89. The van der Waals surface area contributed by atoms with Crippen LogP contribution >= 0.6 is 0 Å². The van der Waals surface area contributed by atoms with Crippen molar-refractivity contribution in [2.45, 2.75) is 32.6 Å². The van der Waals surface area contributed by atoms with Gasteiger partial charge in [-0.05, 0) is 0 Å². The summed E-state index contributed by atoms with van der Waals surface area (Å²) in [6, 6.07) is 0. The van der Waals surface area contributed by atoms with Crippen molar-refractivity contribution in [1.29, 1.82) is 0 Å². The Hall–Kier alpha value is 0.200. The van der Waals surface area contributed by atoms with Crippen LogP contribution in [-0.2, 0) is 9.53 Å². The van der Waals surface area contributed by atoms with E-state index >= 15 is 0 Å². The summed E-state index contributed by atoms with van der Waals surface area (Å²) in [7, 11) is 0. The Morgan fingerprint density at radius 2 is 2.08 bits per heavy atom. The quantitative estimate of drug-likeness (QED) is 0.255. The molecule has 0 atom stereocenters. The molecule has 0 aliphatic heterocycles. The molecule has 0 heterocycles. The van der Waals surface area contributed by atoms with E-state index in [1.165, 1.54) is 19.3 Å². The van der Waals surface area contributed by atoms with Crippen molar-refractivity contribution in [1.82, 2.24) is 0 Å². The first-order valence-electron chi connectivity index (χ1n) is 4.40. The molecule has 0 spiro atoms. The minimum atomic E-state index is 0.00167. The molecule has 0 aromatic carbocycles. The Morgan fingerprint density at radius 1 is 1.33 bits per heavy atom. The van der Waals surface area contributed by atoms with Crippen LogP contribution in [0.1, 0.15) is 32.6 Å². The van der Waals surface area contributed by atoms with Crippen molar-refractivity contribution in [3.63, 3.8) is 0 Å². The zero-order valence-electron chi connectivity index (χ0n) is 7.94. The fourth-order valence-corrected chi connectivity index (χ4v) is 1.71. The second-order valence-corrected chi connectivity index (χ2v) is 4.97. The van der Waals surface area contributed by atoms with Crippen molar-refractivity contribution in [2.75, 3.05) is 16.0 Å². The molecule has 0 amide bonds. The molecule has 0 saturated carbocycles. The summed E-state index contributed by atoms with van der Waals surface area (Å²) in [5.74, 6) is 0.00167. The number of carbonyl (C=O) groups excluding carboxylic acids is 1. The molecule has 0 unspecified atom stereocenters. The topological polar surface area (TPSA) is 26.3 Å². The predicted octanol–water partition coefficient (Wildman–Crippen LogP) is -1.17. The second kappa shape index (κ2) is 9.29. The average molecular weight is 285 g/mol. The number of hydrogen-bond acceptors (Lipinski definition) is 2. The van der Waals surface area contributed by atoms with Crippen LogP contribution < -0.4 is 21.2 Å². The van der Waals surface area contributed by atoms with Gasteiger partial charge in [0, 0.05) is 0 Å². The molecule has 12 heavy (non-hydrogen) atoms. The van der Waals surface area contributed by atoms with Crippen LogP contribution in [0.4, 0.5) is 0 Å². The number of hydrogen-bond donors (Lipinski definition) is 0. The number of unbranched alkanes of at least 4 members (excludes halogenated alkanes) is 3. The number of halogens is 1. The van der Waals surface area contributed by atoms with Crippen molar-refractivity contribution in [2.24, 2.45) is 0 Å². The number of ether oxygens (including phenoxy) is 1. The van der Waals surface area contributed by atoms with Gasteiger partial charge in [-0.1, -0.05) is 0 Å². The number of rotatable bonds is 7. The normalized spacial score (nSPS) is 10.2. The van der Waals surface area contributed by atoms with Gasteiger partial charge < -0.3 is 0 Å². The van der Waals surface area contributed by atoms with Crippen LogP contribution in [-0.4, -0.2) is 21.9 Å². The van der Waals surface area contributed by atoms with Gasteiger partial charge in [0.05, 0.1) is 0 Å². The van der Waals surface area contributed by atoms with E-state index in [1.807, 2.05) is 0 Å². The Morgan fingerprint density at radius 3 is 2.67 bits per heavy atom. The molecule has 2 nitrogen and oxygen atoms in total. The molecule has 0 saturated heterocycles. The zero-order valence-corrected chi connectivity index (χ0v) is 10.1. The zero-order chi connectivity index (χ0) is 9.23. The van der Waals surface area contributed by atoms with Crippen LogP contribution in [0.5, 0.6) is 0 Å². The van der Waals surface area contributed by atoms with E-state index in [4.69, 9.17) is 4.74 Å². The predicted molar refractivity (Wildman–Crippen MR) is 45.9 cm³/mol.